The fraction of sp³-hybridized carbons (Fsp3) is 0.174. The van der Waals surface area contributed by atoms with Gasteiger partial charge in [-0.15, -0.1) is 0 Å². The molecule has 3 aromatic carbocycles. The Balaban J connectivity index is 1.71. The van der Waals surface area contributed by atoms with Crippen molar-refractivity contribution >= 4 is 5.91 Å². The highest BCUT2D eigenvalue weighted by Gasteiger charge is 2.23. The van der Waals surface area contributed by atoms with E-state index in [1.54, 1.807) is 11.0 Å². The molecule has 0 saturated heterocycles. The van der Waals surface area contributed by atoms with Crippen LogP contribution in [0.2, 0.25) is 0 Å². The smallest absolute Gasteiger partial charge is 0.254 e. The fourth-order valence-corrected chi connectivity index (χ4v) is 3.49. The SMILES string of the molecule is Cc1ccccc1-c1cc(O)c2c(c1)CN(C(=O)c1ccccc1)CCO2. The fourth-order valence-electron chi connectivity index (χ4n) is 3.49. The summed E-state index contributed by atoms with van der Waals surface area (Å²) in [6, 6.07) is 21.0. The maximum absolute atomic E-state index is 12.9. The number of carbonyl (C=O) groups excluding carboxylic acids is 1. The Morgan fingerprint density at radius 2 is 1.78 bits per heavy atom. The molecule has 3 aromatic rings. The van der Waals surface area contributed by atoms with Crippen molar-refractivity contribution in [2.75, 3.05) is 13.2 Å². The molecular formula is C23H21NO3. The zero-order valence-corrected chi connectivity index (χ0v) is 15.2. The number of fused-ring (bicyclic) bond motifs is 1. The lowest BCUT2D eigenvalue weighted by molar-refractivity contribution is 0.0733. The first-order valence-electron chi connectivity index (χ1n) is 9.02. The third kappa shape index (κ3) is 3.38. The second kappa shape index (κ2) is 7.16. The molecule has 4 heteroatoms. The largest absolute Gasteiger partial charge is 0.504 e. The first-order chi connectivity index (χ1) is 13.1. The molecule has 136 valence electrons. The van der Waals surface area contributed by atoms with Crippen LogP contribution in [0.3, 0.4) is 0 Å². The Morgan fingerprint density at radius 3 is 2.56 bits per heavy atom. The van der Waals surface area contributed by atoms with Crippen molar-refractivity contribution in [3.63, 3.8) is 0 Å². The maximum Gasteiger partial charge on any atom is 0.254 e. The Kier molecular flexibility index (Phi) is 4.55. The number of benzene rings is 3. The third-order valence-electron chi connectivity index (χ3n) is 4.88. The average Bonchev–Trinajstić information content (AvgIpc) is 2.91. The minimum absolute atomic E-state index is 0.0344. The average molecular weight is 359 g/mol. The Bertz CT molecular complexity index is 982. The van der Waals surface area contributed by atoms with E-state index in [0.717, 1.165) is 22.3 Å². The lowest BCUT2D eigenvalue weighted by Gasteiger charge is -2.20. The first kappa shape index (κ1) is 17.2. The van der Waals surface area contributed by atoms with Gasteiger partial charge in [-0.2, -0.15) is 0 Å². The molecule has 1 N–H and O–H groups in total. The van der Waals surface area contributed by atoms with Crippen LogP contribution in [0.4, 0.5) is 0 Å². The van der Waals surface area contributed by atoms with Crippen LogP contribution < -0.4 is 4.74 Å². The van der Waals surface area contributed by atoms with E-state index in [1.807, 2.05) is 67.6 Å². The number of nitrogens with zero attached hydrogens (tertiary/aromatic N) is 1. The van der Waals surface area contributed by atoms with Gasteiger partial charge in [0.15, 0.2) is 11.5 Å². The van der Waals surface area contributed by atoms with Gasteiger partial charge >= 0.3 is 0 Å². The molecule has 1 aliphatic heterocycles. The molecule has 0 aromatic heterocycles. The number of amides is 1. The van der Waals surface area contributed by atoms with Crippen LogP contribution in [0.25, 0.3) is 11.1 Å². The summed E-state index contributed by atoms with van der Waals surface area (Å²) in [7, 11) is 0. The van der Waals surface area contributed by atoms with Gasteiger partial charge in [0.05, 0.1) is 6.54 Å². The van der Waals surface area contributed by atoms with E-state index in [2.05, 4.69) is 0 Å². The summed E-state index contributed by atoms with van der Waals surface area (Å²) in [6.45, 7) is 3.26. The first-order valence-corrected chi connectivity index (χ1v) is 9.02. The number of hydrogen-bond acceptors (Lipinski definition) is 3. The molecule has 4 rings (SSSR count). The Hall–Kier alpha value is -3.27. The van der Waals surface area contributed by atoms with Gasteiger partial charge in [0.2, 0.25) is 0 Å². The van der Waals surface area contributed by atoms with Gasteiger partial charge in [0.25, 0.3) is 5.91 Å². The topological polar surface area (TPSA) is 49.8 Å². The van der Waals surface area contributed by atoms with Gasteiger partial charge in [0, 0.05) is 17.7 Å². The number of carbonyl (C=O) groups is 1. The van der Waals surface area contributed by atoms with Gasteiger partial charge in [0.1, 0.15) is 6.61 Å². The van der Waals surface area contributed by atoms with Crippen molar-refractivity contribution in [2.45, 2.75) is 13.5 Å². The standard InChI is InChI=1S/C23H21NO3/c1-16-7-5-6-10-20(16)18-13-19-15-24(11-12-27-22(19)21(25)14-18)23(26)17-8-3-2-4-9-17/h2-10,13-14,25H,11-12,15H2,1H3. The van der Waals surface area contributed by atoms with Gasteiger partial charge in [-0.1, -0.05) is 42.5 Å². The number of aryl methyl sites for hydroxylation is 1. The third-order valence-corrected chi connectivity index (χ3v) is 4.88. The summed E-state index contributed by atoms with van der Waals surface area (Å²) < 4.78 is 5.77. The van der Waals surface area contributed by atoms with Crippen LogP contribution in [-0.4, -0.2) is 29.1 Å². The van der Waals surface area contributed by atoms with Crippen LogP contribution in [0.15, 0.2) is 66.7 Å². The minimum atomic E-state index is -0.0344. The van der Waals surface area contributed by atoms with E-state index >= 15 is 0 Å². The van der Waals surface area contributed by atoms with Gasteiger partial charge in [-0.05, 0) is 47.9 Å². The van der Waals surface area contributed by atoms with E-state index < -0.39 is 0 Å². The number of phenolic OH excluding ortho intramolecular Hbond substituents is 1. The molecule has 0 radical (unpaired) electrons. The second-order valence-electron chi connectivity index (χ2n) is 6.74. The second-order valence-corrected chi connectivity index (χ2v) is 6.74. The Morgan fingerprint density at radius 1 is 1.04 bits per heavy atom. The molecule has 0 unspecified atom stereocenters. The number of aromatic hydroxyl groups is 1. The normalized spacial score (nSPS) is 13.4. The van der Waals surface area contributed by atoms with Gasteiger partial charge < -0.3 is 14.7 Å². The van der Waals surface area contributed by atoms with Crippen molar-refractivity contribution in [3.8, 4) is 22.6 Å². The van der Waals surface area contributed by atoms with E-state index in [9.17, 15) is 9.90 Å². The number of phenols is 1. The maximum atomic E-state index is 12.9. The van der Waals surface area contributed by atoms with Crippen LogP contribution >= 0.6 is 0 Å². The van der Waals surface area contributed by atoms with E-state index in [1.165, 1.54) is 0 Å². The van der Waals surface area contributed by atoms with Crippen molar-refractivity contribution in [2.24, 2.45) is 0 Å². The van der Waals surface area contributed by atoms with E-state index in [4.69, 9.17) is 4.74 Å². The summed E-state index contributed by atoms with van der Waals surface area (Å²) in [4.78, 5) is 14.6. The predicted molar refractivity (Wildman–Crippen MR) is 105 cm³/mol. The lowest BCUT2D eigenvalue weighted by atomic mass is 9.97. The highest BCUT2D eigenvalue weighted by atomic mass is 16.5. The molecule has 0 saturated carbocycles. The molecule has 0 atom stereocenters. The summed E-state index contributed by atoms with van der Waals surface area (Å²) in [6.07, 6.45) is 0. The molecular weight excluding hydrogens is 338 g/mol. The van der Waals surface area contributed by atoms with Gasteiger partial charge in [-0.3, -0.25) is 4.79 Å². The van der Waals surface area contributed by atoms with Crippen LogP contribution in [0.5, 0.6) is 11.5 Å². The van der Waals surface area contributed by atoms with Crippen LogP contribution in [0, 0.1) is 6.92 Å². The summed E-state index contributed by atoms with van der Waals surface area (Å²) in [5.41, 5.74) is 4.57. The van der Waals surface area contributed by atoms with Crippen LogP contribution in [0.1, 0.15) is 21.5 Å². The number of ether oxygens (including phenoxy) is 1. The molecule has 0 spiro atoms. The zero-order chi connectivity index (χ0) is 18.8. The van der Waals surface area contributed by atoms with Crippen molar-refractivity contribution in [1.29, 1.82) is 0 Å². The molecule has 0 aliphatic carbocycles. The molecule has 27 heavy (non-hydrogen) atoms. The molecule has 1 aliphatic rings. The van der Waals surface area contributed by atoms with Crippen molar-refractivity contribution < 1.29 is 14.6 Å². The van der Waals surface area contributed by atoms with Gasteiger partial charge in [-0.25, -0.2) is 0 Å². The van der Waals surface area contributed by atoms with Crippen molar-refractivity contribution in [1.82, 2.24) is 4.90 Å². The number of hydrogen-bond donors (Lipinski definition) is 1. The molecule has 4 nitrogen and oxygen atoms in total. The summed E-state index contributed by atoms with van der Waals surface area (Å²) in [5, 5.41) is 10.5. The lowest BCUT2D eigenvalue weighted by Crippen LogP contribution is -2.32. The quantitative estimate of drug-likeness (QED) is 0.738. The molecule has 0 fully saturated rings. The summed E-state index contributed by atoms with van der Waals surface area (Å²) in [5.74, 6) is 0.545. The molecule has 1 heterocycles. The van der Waals surface area contributed by atoms with E-state index in [-0.39, 0.29) is 11.7 Å². The predicted octanol–water partition coefficient (Wildman–Crippen LogP) is 4.40. The number of rotatable bonds is 2. The highest BCUT2D eigenvalue weighted by molar-refractivity contribution is 5.94. The molecule has 1 amide bonds. The Labute approximate surface area is 158 Å². The monoisotopic (exact) mass is 359 g/mol. The van der Waals surface area contributed by atoms with E-state index in [0.29, 0.717) is 31.0 Å². The van der Waals surface area contributed by atoms with Crippen LogP contribution in [-0.2, 0) is 6.54 Å². The summed E-state index contributed by atoms with van der Waals surface area (Å²) >= 11 is 0. The zero-order valence-electron chi connectivity index (χ0n) is 15.2. The van der Waals surface area contributed by atoms with Crippen molar-refractivity contribution in [3.05, 3.63) is 83.4 Å². The minimum Gasteiger partial charge on any atom is -0.504 e. The highest BCUT2D eigenvalue weighted by Crippen LogP contribution is 2.38. The molecule has 0 bridgehead atoms.